The second-order valence-electron chi connectivity index (χ2n) is 5.55. The summed E-state index contributed by atoms with van der Waals surface area (Å²) in [5.74, 6) is 1.35. The Bertz CT molecular complexity index is 578. The second kappa shape index (κ2) is 5.88. The molecule has 1 saturated carbocycles. The maximum absolute atomic E-state index is 6.48. The summed E-state index contributed by atoms with van der Waals surface area (Å²) in [4.78, 5) is 1.31. The lowest BCUT2D eigenvalue weighted by molar-refractivity contribution is 0.494. The normalized spacial score (nSPS) is 22.8. The molecule has 3 rings (SSSR count). The lowest BCUT2D eigenvalue weighted by atomic mass is 10.0. The third-order valence-electron chi connectivity index (χ3n) is 4.13. The highest BCUT2D eigenvalue weighted by molar-refractivity contribution is 7.10. The van der Waals surface area contributed by atoms with E-state index in [-0.39, 0.29) is 0 Å². The molecule has 1 aliphatic carbocycles. The average Bonchev–Trinajstić information content (AvgIpc) is 3.20. The van der Waals surface area contributed by atoms with Crippen molar-refractivity contribution in [1.29, 1.82) is 0 Å². The van der Waals surface area contributed by atoms with Gasteiger partial charge in [-0.2, -0.15) is 0 Å². The molecule has 0 aliphatic heterocycles. The third kappa shape index (κ3) is 2.65. The van der Waals surface area contributed by atoms with Crippen molar-refractivity contribution in [3.05, 3.63) is 56.7 Å². The highest BCUT2D eigenvalue weighted by Gasteiger charge is 2.45. The Balaban J connectivity index is 1.81. The van der Waals surface area contributed by atoms with Crippen molar-refractivity contribution in [3.8, 4) is 0 Å². The molecule has 1 nitrogen and oxygen atoms in total. The molecule has 0 radical (unpaired) electrons. The molecule has 1 N–H and O–H groups in total. The standard InChI is InChI=1S/C17H20ClNS/c1-3-19-16(17-15(18)11(2)10-20-17)14-9-13(14)12-7-5-4-6-8-12/h4-8,10,13-14,16,19H,3,9H2,1-2H3. The van der Waals surface area contributed by atoms with Crippen molar-refractivity contribution in [2.45, 2.75) is 32.2 Å². The Morgan fingerprint density at radius 3 is 2.70 bits per heavy atom. The highest BCUT2D eigenvalue weighted by Crippen LogP contribution is 2.55. The molecule has 3 atom stereocenters. The minimum absolute atomic E-state index is 0.399. The van der Waals surface area contributed by atoms with Crippen LogP contribution in [-0.2, 0) is 0 Å². The van der Waals surface area contributed by atoms with Gasteiger partial charge in [0.25, 0.3) is 0 Å². The van der Waals surface area contributed by atoms with Gasteiger partial charge in [-0.3, -0.25) is 0 Å². The van der Waals surface area contributed by atoms with Gasteiger partial charge in [0, 0.05) is 10.9 Å². The zero-order valence-electron chi connectivity index (χ0n) is 11.9. The first-order valence-electron chi connectivity index (χ1n) is 7.24. The van der Waals surface area contributed by atoms with Crippen LogP contribution in [0.4, 0.5) is 0 Å². The van der Waals surface area contributed by atoms with E-state index in [1.807, 2.05) is 0 Å². The largest absolute Gasteiger partial charge is 0.309 e. The van der Waals surface area contributed by atoms with Crippen molar-refractivity contribution < 1.29 is 0 Å². The van der Waals surface area contributed by atoms with Gasteiger partial charge in [-0.1, -0.05) is 48.9 Å². The van der Waals surface area contributed by atoms with Gasteiger partial charge in [0.2, 0.25) is 0 Å². The van der Waals surface area contributed by atoms with Crippen molar-refractivity contribution >= 4 is 22.9 Å². The number of benzene rings is 1. The van der Waals surface area contributed by atoms with E-state index in [2.05, 4.69) is 54.9 Å². The highest BCUT2D eigenvalue weighted by atomic mass is 35.5. The fraction of sp³-hybridized carbons (Fsp3) is 0.412. The van der Waals surface area contributed by atoms with Gasteiger partial charge in [0.1, 0.15) is 0 Å². The summed E-state index contributed by atoms with van der Waals surface area (Å²) in [6, 6.07) is 11.2. The molecule has 1 aromatic carbocycles. The van der Waals surface area contributed by atoms with Crippen LogP contribution in [-0.4, -0.2) is 6.54 Å². The first-order chi connectivity index (χ1) is 9.72. The molecular formula is C17H20ClNS. The summed E-state index contributed by atoms with van der Waals surface area (Å²) in [6.45, 7) is 5.24. The summed E-state index contributed by atoms with van der Waals surface area (Å²) in [6.07, 6.45) is 1.26. The van der Waals surface area contributed by atoms with Gasteiger partial charge in [0.15, 0.2) is 0 Å². The summed E-state index contributed by atoms with van der Waals surface area (Å²) in [7, 11) is 0. The fourth-order valence-electron chi connectivity index (χ4n) is 2.98. The van der Waals surface area contributed by atoms with E-state index in [0.717, 1.165) is 11.6 Å². The third-order valence-corrected chi connectivity index (χ3v) is 5.92. The monoisotopic (exact) mass is 305 g/mol. The maximum atomic E-state index is 6.48. The van der Waals surface area contributed by atoms with Crippen LogP contribution in [0.3, 0.4) is 0 Å². The second-order valence-corrected chi connectivity index (χ2v) is 6.84. The molecule has 20 heavy (non-hydrogen) atoms. The quantitative estimate of drug-likeness (QED) is 0.804. The molecule has 3 unspecified atom stereocenters. The van der Waals surface area contributed by atoms with E-state index < -0.39 is 0 Å². The molecule has 1 fully saturated rings. The molecule has 0 saturated heterocycles. The molecule has 3 heteroatoms. The smallest absolute Gasteiger partial charge is 0.0590 e. The molecule has 2 aromatic rings. The van der Waals surface area contributed by atoms with Crippen LogP contribution >= 0.6 is 22.9 Å². The number of nitrogens with one attached hydrogen (secondary N) is 1. The number of aryl methyl sites for hydroxylation is 1. The number of halogens is 1. The Morgan fingerprint density at radius 1 is 1.35 bits per heavy atom. The van der Waals surface area contributed by atoms with Gasteiger partial charge in [-0.05, 0) is 48.2 Å². The van der Waals surface area contributed by atoms with Crippen molar-refractivity contribution in [1.82, 2.24) is 5.32 Å². The minimum atomic E-state index is 0.399. The first kappa shape index (κ1) is 14.1. The van der Waals surface area contributed by atoms with Crippen LogP contribution in [0.5, 0.6) is 0 Å². The van der Waals surface area contributed by atoms with E-state index in [1.165, 1.54) is 22.4 Å². The van der Waals surface area contributed by atoms with E-state index in [9.17, 15) is 0 Å². The van der Waals surface area contributed by atoms with Crippen LogP contribution < -0.4 is 5.32 Å². The Kier molecular flexibility index (Phi) is 4.16. The van der Waals surface area contributed by atoms with Crippen LogP contribution in [0, 0.1) is 12.8 Å². The predicted octanol–water partition coefficient (Wildman–Crippen LogP) is 5.16. The Morgan fingerprint density at radius 2 is 2.10 bits per heavy atom. The van der Waals surface area contributed by atoms with Crippen LogP contribution in [0.2, 0.25) is 5.02 Å². The zero-order valence-corrected chi connectivity index (χ0v) is 13.5. The summed E-state index contributed by atoms with van der Waals surface area (Å²) >= 11 is 8.27. The fourth-order valence-corrected chi connectivity index (χ4v) is 4.45. The molecule has 0 amide bonds. The van der Waals surface area contributed by atoms with Gasteiger partial charge < -0.3 is 5.32 Å². The first-order valence-corrected chi connectivity index (χ1v) is 8.50. The molecule has 1 heterocycles. The molecule has 106 valence electrons. The summed E-state index contributed by atoms with van der Waals surface area (Å²) < 4.78 is 0. The Hall–Kier alpha value is -0.830. The summed E-state index contributed by atoms with van der Waals surface area (Å²) in [5, 5.41) is 6.77. The topological polar surface area (TPSA) is 12.0 Å². The van der Waals surface area contributed by atoms with Gasteiger partial charge in [-0.25, -0.2) is 0 Å². The molecule has 1 aromatic heterocycles. The summed E-state index contributed by atoms with van der Waals surface area (Å²) in [5.41, 5.74) is 2.66. The van der Waals surface area contributed by atoms with E-state index in [0.29, 0.717) is 17.9 Å². The molecule has 0 spiro atoms. The van der Waals surface area contributed by atoms with Crippen LogP contribution in [0.1, 0.15) is 41.3 Å². The average molecular weight is 306 g/mol. The SMILES string of the molecule is CCNC(c1scc(C)c1Cl)C1CC1c1ccccc1. The molecule has 1 aliphatic rings. The van der Waals surface area contributed by atoms with Crippen molar-refractivity contribution in [2.24, 2.45) is 5.92 Å². The predicted molar refractivity (Wildman–Crippen MR) is 87.8 cm³/mol. The van der Waals surface area contributed by atoms with E-state index in [4.69, 9.17) is 11.6 Å². The van der Waals surface area contributed by atoms with E-state index >= 15 is 0 Å². The number of thiophene rings is 1. The Labute approximate surface area is 130 Å². The number of rotatable bonds is 5. The van der Waals surface area contributed by atoms with E-state index in [1.54, 1.807) is 11.3 Å². The lowest BCUT2D eigenvalue weighted by Gasteiger charge is -2.17. The number of hydrogen-bond donors (Lipinski definition) is 1. The number of hydrogen-bond acceptors (Lipinski definition) is 2. The van der Waals surface area contributed by atoms with Crippen LogP contribution in [0.15, 0.2) is 35.7 Å². The molecular weight excluding hydrogens is 286 g/mol. The van der Waals surface area contributed by atoms with Crippen molar-refractivity contribution in [2.75, 3.05) is 6.54 Å². The van der Waals surface area contributed by atoms with Crippen molar-refractivity contribution in [3.63, 3.8) is 0 Å². The minimum Gasteiger partial charge on any atom is -0.309 e. The van der Waals surface area contributed by atoms with Gasteiger partial charge in [0.05, 0.1) is 5.02 Å². The lowest BCUT2D eigenvalue weighted by Crippen LogP contribution is -2.22. The molecule has 0 bridgehead atoms. The zero-order chi connectivity index (χ0) is 14.1. The van der Waals surface area contributed by atoms with Gasteiger partial charge in [-0.15, -0.1) is 11.3 Å². The maximum Gasteiger partial charge on any atom is 0.0590 e. The van der Waals surface area contributed by atoms with Crippen LogP contribution in [0.25, 0.3) is 0 Å². The van der Waals surface area contributed by atoms with Gasteiger partial charge >= 0.3 is 0 Å².